The molecule has 0 atom stereocenters. The highest BCUT2D eigenvalue weighted by atomic mass is 16.4. The van der Waals surface area contributed by atoms with Crippen LogP contribution in [0.15, 0.2) is 41.2 Å². The molecule has 0 spiro atoms. The van der Waals surface area contributed by atoms with Crippen molar-refractivity contribution in [3.63, 3.8) is 0 Å². The summed E-state index contributed by atoms with van der Waals surface area (Å²) in [5, 5.41) is 8.86. The number of aryl methyl sites for hydroxylation is 1. The van der Waals surface area contributed by atoms with Gasteiger partial charge in [-0.1, -0.05) is 12.1 Å². The van der Waals surface area contributed by atoms with E-state index < -0.39 is 5.97 Å². The fraction of sp³-hybridized carbons (Fsp3) is 0.188. The predicted octanol–water partition coefficient (Wildman–Crippen LogP) is 2.11. The van der Waals surface area contributed by atoms with Gasteiger partial charge in [0, 0.05) is 5.69 Å². The Balaban J connectivity index is 2.39. The van der Waals surface area contributed by atoms with Crippen LogP contribution in [0, 0.1) is 6.92 Å². The summed E-state index contributed by atoms with van der Waals surface area (Å²) in [5.41, 5.74) is 1.56. The summed E-state index contributed by atoms with van der Waals surface area (Å²) in [6.07, 6.45) is 0. The molecular formula is C16H15NO4. The lowest BCUT2D eigenvalue weighted by molar-refractivity contribution is 0.0696. The molecule has 0 aliphatic carbocycles. The molecule has 1 heterocycles. The number of benzene rings is 1. The molecule has 0 bridgehead atoms. The Labute approximate surface area is 121 Å². The Kier molecular flexibility index (Phi) is 4.03. The summed E-state index contributed by atoms with van der Waals surface area (Å²) in [6, 6.07) is 9.57. The summed E-state index contributed by atoms with van der Waals surface area (Å²) in [5.74, 6) is -1.26. The number of hydrogen-bond donors (Lipinski definition) is 1. The van der Waals surface area contributed by atoms with E-state index in [1.54, 1.807) is 25.1 Å². The van der Waals surface area contributed by atoms with Crippen LogP contribution >= 0.6 is 0 Å². The van der Waals surface area contributed by atoms with Gasteiger partial charge in [0.1, 0.15) is 0 Å². The highest BCUT2D eigenvalue weighted by molar-refractivity contribution is 5.93. The molecule has 0 saturated heterocycles. The van der Waals surface area contributed by atoms with Crippen molar-refractivity contribution in [2.75, 3.05) is 0 Å². The first-order valence-corrected chi connectivity index (χ1v) is 6.44. The smallest absolute Gasteiger partial charge is 0.335 e. The zero-order valence-electron chi connectivity index (χ0n) is 11.8. The molecule has 0 radical (unpaired) electrons. The molecule has 2 rings (SSSR count). The predicted molar refractivity (Wildman–Crippen MR) is 77.9 cm³/mol. The van der Waals surface area contributed by atoms with Gasteiger partial charge in [0.2, 0.25) is 0 Å². The van der Waals surface area contributed by atoms with Gasteiger partial charge in [-0.3, -0.25) is 9.59 Å². The van der Waals surface area contributed by atoms with Gasteiger partial charge in [0.25, 0.3) is 5.56 Å². The molecule has 1 aromatic carbocycles. The van der Waals surface area contributed by atoms with Crippen LogP contribution in [0.2, 0.25) is 0 Å². The van der Waals surface area contributed by atoms with Gasteiger partial charge >= 0.3 is 5.97 Å². The lowest BCUT2D eigenvalue weighted by Gasteiger charge is -2.11. The molecule has 0 fully saturated rings. The number of rotatable bonds is 4. The average molecular weight is 285 g/mol. The van der Waals surface area contributed by atoms with Crippen LogP contribution in [-0.2, 0) is 6.54 Å². The van der Waals surface area contributed by atoms with E-state index in [9.17, 15) is 14.4 Å². The van der Waals surface area contributed by atoms with Crippen LogP contribution in [0.25, 0.3) is 0 Å². The van der Waals surface area contributed by atoms with Crippen molar-refractivity contribution in [3.05, 3.63) is 69.1 Å². The fourth-order valence-corrected chi connectivity index (χ4v) is 2.07. The summed E-state index contributed by atoms with van der Waals surface area (Å²) in [6.45, 7) is 3.45. The molecule has 21 heavy (non-hydrogen) atoms. The average Bonchev–Trinajstić information content (AvgIpc) is 2.43. The SMILES string of the molecule is CC(=O)c1ccc(C)n(Cc2ccc(C(=O)O)cc2)c1=O. The standard InChI is InChI=1S/C16H15NO4/c1-10-3-8-14(11(2)18)15(19)17(10)9-12-4-6-13(7-5-12)16(20)21/h3-8H,9H2,1-2H3,(H,20,21). The highest BCUT2D eigenvalue weighted by Crippen LogP contribution is 2.08. The zero-order valence-corrected chi connectivity index (χ0v) is 11.8. The lowest BCUT2D eigenvalue weighted by atomic mass is 10.1. The number of ketones is 1. The second-order valence-electron chi connectivity index (χ2n) is 4.84. The lowest BCUT2D eigenvalue weighted by Crippen LogP contribution is -2.27. The molecule has 5 heteroatoms. The maximum Gasteiger partial charge on any atom is 0.335 e. The van der Waals surface area contributed by atoms with Gasteiger partial charge in [0.15, 0.2) is 5.78 Å². The van der Waals surface area contributed by atoms with Crippen molar-refractivity contribution in [2.24, 2.45) is 0 Å². The number of nitrogens with zero attached hydrogens (tertiary/aromatic N) is 1. The second kappa shape index (κ2) is 5.75. The quantitative estimate of drug-likeness (QED) is 0.873. The van der Waals surface area contributed by atoms with Crippen molar-refractivity contribution in [1.29, 1.82) is 0 Å². The number of carboxylic acid groups (broad SMARTS) is 1. The molecule has 0 amide bonds. The molecule has 1 aromatic heterocycles. The van der Waals surface area contributed by atoms with E-state index in [4.69, 9.17) is 5.11 Å². The first-order valence-electron chi connectivity index (χ1n) is 6.44. The summed E-state index contributed by atoms with van der Waals surface area (Å²) in [4.78, 5) is 34.5. The van der Waals surface area contributed by atoms with Crippen molar-refractivity contribution >= 4 is 11.8 Å². The Morgan fingerprint density at radius 3 is 2.24 bits per heavy atom. The van der Waals surface area contributed by atoms with Gasteiger partial charge < -0.3 is 9.67 Å². The van der Waals surface area contributed by atoms with Crippen LogP contribution in [0.3, 0.4) is 0 Å². The number of aromatic carboxylic acids is 1. The number of hydrogen-bond acceptors (Lipinski definition) is 3. The molecule has 2 aromatic rings. The summed E-state index contributed by atoms with van der Waals surface area (Å²) >= 11 is 0. The van der Waals surface area contributed by atoms with Crippen LogP contribution in [0.5, 0.6) is 0 Å². The van der Waals surface area contributed by atoms with E-state index in [1.165, 1.54) is 29.7 Å². The third kappa shape index (κ3) is 3.08. The molecule has 5 nitrogen and oxygen atoms in total. The molecule has 0 unspecified atom stereocenters. The third-order valence-electron chi connectivity index (χ3n) is 3.31. The Morgan fingerprint density at radius 2 is 1.71 bits per heavy atom. The number of pyridine rings is 1. The van der Waals surface area contributed by atoms with Crippen LogP contribution < -0.4 is 5.56 Å². The number of Topliss-reactive ketones (excluding diaryl/α,β-unsaturated/α-hetero) is 1. The number of aromatic nitrogens is 1. The van der Waals surface area contributed by atoms with E-state index in [0.29, 0.717) is 6.54 Å². The minimum atomic E-state index is -0.992. The van der Waals surface area contributed by atoms with E-state index in [0.717, 1.165) is 11.3 Å². The normalized spacial score (nSPS) is 10.4. The first-order chi connectivity index (χ1) is 9.90. The topological polar surface area (TPSA) is 76.4 Å². The minimum Gasteiger partial charge on any atom is -0.478 e. The fourth-order valence-electron chi connectivity index (χ4n) is 2.07. The second-order valence-corrected chi connectivity index (χ2v) is 4.84. The van der Waals surface area contributed by atoms with Crippen molar-refractivity contribution in [3.8, 4) is 0 Å². The summed E-state index contributed by atoms with van der Waals surface area (Å²) < 4.78 is 1.51. The van der Waals surface area contributed by atoms with Crippen LogP contribution in [0.1, 0.15) is 38.9 Å². The van der Waals surface area contributed by atoms with Gasteiger partial charge in [-0.2, -0.15) is 0 Å². The maximum absolute atomic E-state index is 12.3. The van der Waals surface area contributed by atoms with Gasteiger partial charge in [-0.05, 0) is 43.7 Å². The molecule has 1 N–H and O–H groups in total. The molecule has 0 aliphatic heterocycles. The summed E-state index contributed by atoms with van der Waals surface area (Å²) in [7, 11) is 0. The van der Waals surface area contributed by atoms with Gasteiger partial charge in [-0.15, -0.1) is 0 Å². The van der Waals surface area contributed by atoms with Crippen LogP contribution in [0.4, 0.5) is 0 Å². The zero-order chi connectivity index (χ0) is 15.6. The van der Waals surface area contributed by atoms with Crippen molar-refractivity contribution in [2.45, 2.75) is 20.4 Å². The third-order valence-corrected chi connectivity index (χ3v) is 3.31. The molecule has 0 saturated carbocycles. The number of carboxylic acids is 1. The maximum atomic E-state index is 12.3. The van der Waals surface area contributed by atoms with Crippen molar-refractivity contribution in [1.82, 2.24) is 4.57 Å². The van der Waals surface area contributed by atoms with Gasteiger partial charge in [0.05, 0.1) is 17.7 Å². The monoisotopic (exact) mass is 285 g/mol. The van der Waals surface area contributed by atoms with Gasteiger partial charge in [-0.25, -0.2) is 4.79 Å². The number of carbonyl (C=O) groups excluding carboxylic acids is 1. The molecular weight excluding hydrogens is 270 g/mol. The Morgan fingerprint density at radius 1 is 1.10 bits per heavy atom. The Hall–Kier alpha value is -2.69. The Bertz CT molecular complexity index is 757. The minimum absolute atomic E-state index is 0.155. The van der Waals surface area contributed by atoms with E-state index in [-0.39, 0.29) is 22.5 Å². The van der Waals surface area contributed by atoms with Crippen LogP contribution in [-0.4, -0.2) is 21.4 Å². The van der Waals surface area contributed by atoms with E-state index in [2.05, 4.69) is 0 Å². The van der Waals surface area contributed by atoms with Crippen molar-refractivity contribution < 1.29 is 14.7 Å². The molecule has 108 valence electrons. The van der Waals surface area contributed by atoms with E-state index >= 15 is 0 Å². The molecule has 0 aliphatic rings. The highest BCUT2D eigenvalue weighted by Gasteiger charge is 2.10. The largest absolute Gasteiger partial charge is 0.478 e. The first kappa shape index (κ1) is 14.7. The number of carbonyl (C=O) groups is 2. The van der Waals surface area contributed by atoms with E-state index in [1.807, 2.05) is 0 Å².